The molecule has 0 unspecified atom stereocenters. The van der Waals surface area contributed by atoms with Crippen molar-refractivity contribution in [1.82, 2.24) is 5.32 Å². The minimum atomic E-state index is -0.537. The lowest BCUT2D eigenvalue weighted by Gasteiger charge is -2.24. The summed E-state index contributed by atoms with van der Waals surface area (Å²) in [7, 11) is 1.59. The van der Waals surface area contributed by atoms with Gasteiger partial charge in [-0.1, -0.05) is 78.9 Å². The Kier molecular flexibility index (Phi) is 10.3. The van der Waals surface area contributed by atoms with Crippen LogP contribution in [0.25, 0.3) is 17.4 Å². The Balaban J connectivity index is 1.11. The van der Waals surface area contributed by atoms with Crippen molar-refractivity contribution >= 4 is 46.9 Å². The van der Waals surface area contributed by atoms with E-state index in [1.807, 2.05) is 95.9 Å². The molecule has 1 aliphatic rings. The van der Waals surface area contributed by atoms with Crippen molar-refractivity contribution in [3.05, 3.63) is 174 Å². The lowest BCUT2D eigenvalue weighted by atomic mass is 10.1. The van der Waals surface area contributed by atoms with Gasteiger partial charge in [-0.3, -0.25) is 14.4 Å². The number of nitrogens with zero attached hydrogens (tertiary/aromatic N) is 1. The summed E-state index contributed by atoms with van der Waals surface area (Å²) in [6.45, 7) is 0.642. The highest BCUT2D eigenvalue weighted by atomic mass is 32.2. The van der Waals surface area contributed by atoms with Crippen LogP contribution in [0.4, 0.5) is 11.4 Å². The molecule has 9 heteroatoms. The van der Waals surface area contributed by atoms with Crippen LogP contribution < -0.4 is 20.3 Å². The maximum atomic E-state index is 14.0. The number of amides is 3. The second-order valence-electron chi connectivity index (χ2n) is 12.0. The highest BCUT2D eigenvalue weighted by Gasteiger charge is 2.32. The quantitative estimate of drug-likeness (QED) is 0.103. The largest absolute Gasteiger partial charge is 0.496 e. The molecule has 0 aliphatic carbocycles. The van der Waals surface area contributed by atoms with Crippen molar-refractivity contribution in [2.45, 2.75) is 16.6 Å². The minimum absolute atomic E-state index is 0.00568. The molecule has 0 fully saturated rings. The molecule has 5 aromatic carbocycles. The van der Waals surface area contributed by atoms with E-state index < -0.39 is 17.1 Å². The van der Waals surface area contributed by atoms with Crippen molar-refractivity contribution in [3.63, 3.8) is 0 Å². The first kappa shape index (κ1) is 34.1. The average Bonchev–Trinajstić information content (AvgIpc) is 3.85. The van der Waals surface area contributed by atoms with Gasteiger partial charge in [-0.15, -0.1) is 11.8 Å². The molecule has 1 atom stereocenters. The average molecular weight is 706 g/mol. The van der Waals surface area contributed by atoms with Crippen molar-refractivity contribution in [2.75, 3.05) is 23.9 Å². The molecule has 0 saturated carbocycles. The van der Waals surface area contributed by atoms with Gasteiger partial charge in [-0.2, -0.15) is 0 Å². The van der Waals surface area contributed by atoms with E-state index in [9.17, 15) is 14.4 Å². The van der Waals surface area contributed by atoms with Crippen LogP contribution in [-0.2, 0) is 16.0 Å². The maximum absolute atomic E-state index is 14.0. The summed E-state index contributed by atoms with van der Waals surface area (Å²) in [5, 5.41) is 5.19. The van der Waals surface area contributed by atoms with E-state index in [-0.39, 0.29) is 11.6 Å². The zero-order valence-corrected chi connectivity index (χ0v) is 29.1. The predicted molar refractivity (Wildman–Crippen MR) is 205 cm³/mol. The number of hydrogen-bond donors (Lipinski definition) is 2. The molecule has 52 heavy (non-hydrogen) atoms. The van der Waals surface area contributed by atoms with Crippen LogP contribution in [0.2, 0.25) is 0 Å². The Hall–Kier alpha value is -6.32. The SMILES string of the molecule is COc1ccccc1-c1ccc(/C=C(\NC(=O)c2ccccc2)C(=O)Nc2ccc(S[C@H](C(=O)N3CCc4ccccc43)c3ccccc3)cc2)o1. The third kappa shape index (κ3) is 7.70. The molecular weight excluding hydrogens is 671 g/mol. The highest BCUT2D eigenvalue weighted by molar-refractivity contribution is 8.00. The molecule has 7 rings (SSSR count). The molecule has 1 aromatic heterocycles. The number of hydrogen-bond acceptors (Lipinski definition) is 6. The number of para-hydroxylation sites is 2. The molecule has 8 nitrogen and oxygen atoms in total. The first-order valence-corrected chi connectivity index (χ1v) is 17.7. The summed E-state index contributed by atoms with van der Waals surface area (Å²) in [5.74, 6) is 0.600. The van der Waals surface area contributed by atoms with Gasteiger partial charge in [0.05, 0.1) is 12.7 Å². The first-order valence-electron chi connectivity index (χ1n) is 16.8. The van der Waals surface area contributed by atoms with E-state index in [0.717, 1.165) is 28.1 Å². The molecule has 0 bridgehead atoms. The van der Waals surface area contributed by atoms with E-state index in [2.05, 4.69) is 16.7 Å². The Morgan fingerprint density at radius 3 is 2.25 bits per heavy atom. The molecule has 0 radical (unpaired) electrons. The van der Waals surface area contributed by atoms with Crippen LogP contribution in [0, 0.1) is 0 Å². The fourth-order valence-corrected chi connectivity index (χ4v) is 7.14. The van der Waals surface area contributed by atoms with E-state index in [4.69, 9.17) is 9.15 Å². The number of methoxy groups -OCH3 is 1. The van der Waals surface area contributed by atoms with E-state index in [1.165, 1.54) is 23.4 Å². The van der Waals surface area contributed by atoms with Gasteiger partial charge < -0.3 is 24.7 Å². The van der Waals surface area contributed by atoms with Crippen molar-refractivity contribution in [3.8, 4) is 17.1 Å². The summed E-state index contributed by atoms with van der Waals surface area (Å²) in [6, 6.07) is 44.7. The zero-order chi connectivity index (χ0) is 35.9. The number of anilines is 2. The van der Waals surface area contributed by atoms with Crippen LogP contribution in [0.5, 0.6) is 5.75 Å². The fraction of sp³-hybridized carbons (Fsp3) is 0.0930. The van der Waals surface area contributed by atoms with Gasteiger partial charge in [0.2, 0.25) is 5.91 Å². The number of benzene rings is 5. The summed E-state index contributed by atoms with van der Waals surface area (Å²) in [4.78, 5) is 43.7. The summed E-state index contributed by atoms with van der Waals surface area (Å²) >= 11 is 1.46. The Morgan fingerprint density at radius 2 is 1.48 bits per heavy atom. The zero-order valence-electron chi connectivity index (χ0n) is 28.3. The molecule has 2 N–H and O–H groups in total. The van der Waals surface area contributed by atoms with Gasteiger partial charge in [-0.05, 0) is 84.3 Å². The van der Waals surface area contributed by atoms with Gasteiger partial charge >= 0.3 is 0 Å². The third-order valence-electron chi connectivity index (χ3n) is 8.66. The lowest BCUT2D eigenvalue weighted by molar-refractivity contribution is -0.118. The topological polar surface area (TPSA) is 101 Å². The fourth-order valence-electron chi connectivity index (χ4n) is 6.06. The number of nitrogens with one attached hydrogen (secondary N) is 2. The molecule has 6 aromatic rings. The summed E-state index contributed by atoms with van der Waals surface area (Å²) < 4.78 is 11.6. The number of rotatable bonds is 11. The Morgan fingerprint density at radius 1 is 0.788 bits per heavy atom. The van der Waals surface area contributed by atoms with Crippen LogP contribution in [0.1, 0.15) is 32.5 Å². The second kappa shape index (κ2) is 15.7. The minimum Gasteiger partial charge on any atom is -0.496 e. The lowest BCUT2D eigenvalue weighted by Crippen LogP contribution is -2.32. The molecule has 1 aliphatic heterocycles. The van der Waals surface area contributed by atoms with E-state index in [0.29, 0.717) is 35.1 Å². The monoisotopic (exact) mass is 705 g/mol. The maximum Gasteiger partial charge on any atom is 0.272 e. The second-order valence-corrected chi connectivity index (χ2v) is 13.2. The number of carbonyl (C=O) groups excluding carboxylic acids is 3. The van der Waals surface area contributed by atoms with Gasteiger partial charge in [0.25, 0.3) is 11.8 Å². The van der Waals surface area contributed by atoms with E-state index >= 15 is 0 Å². The molecule has 258 valence electrons. The van der Waals surface area contributed by atoms with Crippen LogP contribution in [0.15, 0.2) is 161 Å². The normalized spacial score (nSPS) is 12.9. The number of ether oxygens (including phenoxy) is 1. The van der Waals surface area contributed by atoms with Crippen molar-refractivity contribution in [2.24, 2.45) is 0 Å². The Labute approximate surface area is 306 Å². The first-order chi connectivity index (χ1) is 25.5. The van der Waals surface area contributed by atoms with Gasteiger partial charge in [0.1, 0.15) is 28.2 Å². The van der Waals surface area contributed by atoms with E-state index in [1.54, 1.807) is 55.6 Å². The van der Waals surface area contributed by atoms with Gasteiger partial charge in [-0.25, -0.2) is 0 Å². The number of thioether (sulfide) groups is 1. The predicted octanol–water partition coefficient (Wildman–Crippen LogP) is 8.79. The summed E-state index contributed by atoms with van der Waals surface area (Å²) in [5.41, 5.74) is 4.70. The molecular formula is C43H35N3O5S. The van der Waals surface area contributed by atoms with Crippen LogP contribution in [0.3, 0.4) is 0 Å². The molecule has 0 saturated heterocycles. The summed E-state index contributed by atoms with van der Waals surface area (Å²) in [6.07, 6.45) is 2.32. The van der Waals surface area contributed by atoms with Crippen molar-refractivity contribution < 1.29 is 23.5 Å². The van der Waals surface area contributed by atoms with Crippen LogP contribution >= 0.6 is 11.8 Å². The number of furan rings is 1. The number of carbonyl (C=O) groups is 3. The highest BCUT2D eigenvalue weighted by Crippen LogP contribution is 2.40. The smallest absolute Gasteiger partial charge is 0.272 e. The van der Waals surface area contributed by atoms with Crippen LogP contribution in [-0.4, -0.2) is 31.4 Å². The number of fused-ring (bicyclic) bond motifs is 1. The third-order valence-corrected chi connectivity index (χ3v) is 9.91. The molecule has 0 spiro atoms. The molecule has 3 amide bonds. The van der Waals surface area contributed by atoms with Crippen molar-refractivity contribution in [1.29, 1.82) is 0 Å². The van der Waals surface area contributed by atoms with Gasteiger partial charge in [0.15, 0.2) is 0 Å². The van der Waals surface area contributed by atoms with Gasteiger partial charge in [0, 0.05) is 34.5 Å². The Bertz CT molecular complexity index is 2230. The molecule has 2 heterocycles. The standard InChI is InChI=1S/C43H35N3O5S/c1-50-38-19-11-9-17-35(38)39-25-22-33(51-39)28-36(45-41(47)31-15-6-3-7-16-31)42(48)44-32-20-23-34(24-21-32)52-40(30-13-4-2-5-14-30)43(49)46-27-26-29-12-8-10-18-37(29)46/h2-25,28,40H,26-27H2,1H3,(H,44,48)(H,45,47)/b36-28-/t40-/m0/s1.